The maximum absolute atomic E-state index is 5.44. The highest BCUT2D eigenvalue weighted by atomic mass is 16.3. The summed E-state index contributed by atoms with van der Waals surface area (Å²) in [7, 11) is 0. The molecule has 0 aromatic carbocycles. The summed E-state index contributed by atoms with van der Waals surface area (Å²) < 4.78 is 5.44. The molecule has 2 heterocycles. The minimum atomic E-state index is 0.907. The van der Waals surface area contributed by atoms with Crippen molar-refractivity contribution in [2.75, 3.05) is 0 Å². The number of hydrogen-bond donors (Lipinski definition) is 0. The second-order valence-electron chi connectivity index (χ2n) is 2.67. The molecule has 11 heavy (non-hydrogen) atoms. The normalized spacial score (nSPS) is 10.7. The average molecular weight is 147 g/mol. The van der Waals surface area contributed by atoms with E-state index in [0.29, 0.717) is 0 Å². The zero-order chi connectivity index (χ0) is 7.84. The lowest BCUT2D eigenvalue weighted by Gasteiger charge is -1.90. The van der Waals surface area contributed by atoms with Gasteiger partial charge in [-0.25, -0.2) is 0 Å². The molecule has 0 atom stereocenters. The molecule has 2 aromatic rings. The van der Waals surface area contributed by atoms with E-state index in [4.69, 9.17) is 4.42 Å². The number of fused-ring (bicyclic) bond motifs is 1. The summed E-state index contributed by atoms with van der Waals surface area (Å²) in [6.07, 6.45) is 1.80. The van der Waals surface area contributed by atoms with Crippen molar-refractivity contribution in [1.29, 1.82) is 0 Å². The Balaban J connectivity index is 2.90. The third kappa shape index (κ3) is 0.909. The van der Waals surface area contributed by atoms with Gasteiger partial charge in [0.05, 0.1) is 5.69 Å². The van der Waals surface area contributed by atoms with E-state index in [-0.39, 0.29) is 0 Å². The second kappa shape index (κ2) is 2.09. The van der Waals surface area contributed by atoms with Crippen LogP contribution in [0, 0.1) is 13.8 Å². The van der Waals surface area contributed by atoms with Crippen LogP contribution in [0.15, 0.2) is 22.7 Å². The molecule has 0 radical (unpaired) electrons. The van der Waals surface area contributed by atoms with Crippen molar-refractivity contribution < 1.29 is 4.42 Å². The van der Waals surface area contributed by atoms with Crippen LogP contribution in [0.3, 0.4) is 0 Å². The number of nitrogens with zero attached hydrogens (tertiary/aromatic N) is 1. The highest BCUT2D eigenvalue weighted by Crippen LogP contribution is 2.19. The fourth-order valence-corrected chi connectivity index (χ4v) is 1.23. The Labute approximate surface area is 64.9 Å². The topological polar surface area (TPSA) is 26.0 Å². The van der Waals surface area contributed by atoms with Crippen molar-refractivity contribution in [2.45, 2.75) is 13.8 Å². The predicted octanol–water partition coefficient (Wildman–Crippen LogP) is 2.44. The lowest BCUT2D eigenvalue weighted by atomic mass is 10.3. The van der Waals surface area contributed by atoms with E-state index in [2.05, 4.69) is 4.98 Å². The lowest BCUT2D eigenvalue weighted by Crippen LogP contribution is -1.77. The Hall–Kier alpha value is -1.31. The first-order valence-corrected chi connectivity index (χ1v) is 3.59. The van der Waals surface area contributed by atoms with E-state index in [1.54, 1.807) is 6.20 Å². The fourth-order valence-electron chi connectivity index (χ4n) is 1.23. The van der Waals surface area contributed by atoms with Crippen molar-refractivity contribution >= 4 is 11.0 Å². The lowest BCUT2D eigenvalue weighted by molar-refractivity contribution is 0.574. The average Bonchev–Trinajstić information content (AvgIpc) is 2.31. The van der Waals surface area contributed by atoms with Crippen LogP contribution in [0.25, 0.3) is 11.0 Å². The van der Waals surface area contributed by atoms with Gasteiger partial charge < -0.3 is 4.42 Å². The van der Waals surface area contributed by atoms with Crippen LogP contribution >= 0.6 is 0 Å². The van der Waals surface area contributed by atoms with E-state index in [1.807, 2.05) is 26.0 Å². The zero-order valence-electron chi connectivity index (χ0n) is 6.59. The van der Waals surface area contributed by atoms with Gasteiger partial charge in [-0.1, -0.05) is 0 Å². The van der Waals surface area contributed by atoms with Gasteiger partial charge in [-0.05, 0) is 26.0 Å². The van der Waals surface area contributed by atoms with Crippen LogP contribution in [-0.4, -0.2) is 4.98 Å². The van der Waals surface area contributed by atoms with Crippen molar-refractivity contribution in [3.05, 3.63) is 29.8 Å². The number of aryl methyl sites for hydroxylation is 2. The minimum Gasteiger partial charge on any atom is -0.459 e. The molecule has 2 rings (SSSR count). The van der Waals surface area contributed by atoms with Gasteiger partial charge in [-0.2, -0.15) is 0 Å². The number of aromatic nitrogens is 1. The molecule has 0 N–H and O–H groups in total. The van der Waals surface area contributed by atoms with Crippen LogP contribution in [0.1, 0.15) is 11.5 Å². The Bertz CT molecular complexity index is 389. The van der Waals surface area contributed by atoms with E-state index in [1.165, 1.54) is 0 Å². The van der Waals surface area contributed by atoms with E-state index < -0.39 is 0 Å². The van der Waals surface area contributed by atoms with Gasteiger partial charge in [-0.3, -0.25) is 4.98 Å². The molecule has 0 aliphatic heterocycles. The molecule has 0 saturated heterocycles. The quantitative estimate of drug-likeness (QED) is 0.572. The van der Waals surface area contributed by atoms with Crippen molar-refractivity contribution in [2.24, 2.45) is 0 Å². The molecular weight excluding hydrogens is 138 g/mol. The Kier molecular flexibility index (Phi) is 1.22. The molecular formula is C9H9NO. The van der Waals surface area contributed by atoms with Crippen LogP contribution in [0.4, 0.5) is 0 Å². The summed E-state index contributed by atoms with van der Waals surface area (Å²) in [6.45, 7) is 3.89. The number of pyridine rings is 1. The van der Waals surface area contributed by atoms with E-state index >= 15 is 0 Å². The Morgan fingerprint density at radius 3 is 2.91 bits per heavy atom. The van der Waals surface area contributed by atoms with Gasteiger partial charge in [0.25, 0.3) is 0 Å². The molecule has 0 saturated carbocycles. The minimum absolute atomic E-state index is 0.907. The second-order valence-corrected chi connectivity index (χ2v) is 2.67. The van der Waals surface area contributed by atoms with Crippen LogP contribution in [0.5, 0.6) is 0 Å². The summed E-state index contributed by atoms with van der Waals surface area (Å²) in [5.41, 5.74) is 1.86. The number of furan rings is 1. The van der Waals surface area contributed by atoms with Crippen molar-refractivity contribution in [1.82, 2.24) is 4.98 Å². The molecule has 0 aliphatic rings. The Morgan fingerprint density at radius 2 is 2.18 bits per heavy atom. The molecule has 2 heteroatoms. The molecule has 0 spiro atoms. The summed E-state index contributed by atoms with van der Waals surface area (Å²) in [6, 6.07) is 3.98. The largest absolute Gasteiger partial charge is 0.459 e. The van der Waals surface area contributed by atoms with Gasteiger partial charge in [0.15, 0.2) is 5.58 Å². The molecule has 2 nitrogen and oxygen atoms in total. The number of rotatable bonds is 0. The summed E-state index contributed by atoms with van der Waals surface area (Å²) in [5.74, 6) is 0.941. The third-order valence-corrected chi connectivity index (χ3v) is 1.73. The molecule has 0 bridgehead atoms. The molecule has 2 aromatic heterocycles. The van der Waals surface area contributed by atoms with Crippen molar-refractivity contribution in [3.8, 4) is 0 Å². The van der Waals surface area contributed by atoms with Gasteiger partial charge in [0.1, 0.15) is 5.76 Å². The van der Waals surface area contributed by atoms with Crippen LogP contribution in [-0.2, 0) is 0 Å². The van der Waals surface area contributed by atoms with Crippen molar-refractivity contribution in [3.63, 3.8) is 0 Å². The maximum Gasteiger partial charge on any atom is 0.155 e. The molecule has 0 amide bonds. The predicted molar refractivity (Wildman–Crippen MR) is 43.5 cm³/mol. The van der Waals surface area contributed by atoms with E-state index in [0.717, 1.165) is 22.4 Å². The highest BCUT2D eigenvalue weighted by Gasteiger charge is 2.01. The molecule has 56 valence electrons. The SMILES string of the molecule is Cc1cc2ccnc(C)c2o1. The van der Waals surface area contributed by atoms with Gasteiger partial charge in [-0.15, -0.1) is 0 Å². The first-order valence-electron chi connectivity index (χ1n) is 3.59. The van der Waals surface area contributed by atoms with E-state index in [9.17, 15) is 0 Å². The Morgan fingerprint density at radius 1 is 1.36 bits per heavy atom. The first kappa shape index (κ1) is 6.40. The standard InChI is InChI=1S/C9H9NO/c1-6-5-8-3-4-10-7(2)9(8)11-6/h3-5H,1-2H3. The maximum atomic E-state index is 5.44. The highest BCUT2D eigenvalue weighted by molar-refractivity contribution is 5.79. The van der Waals surface area contributed by atoms with Crippen LogP contribution < -0.4 is 0 Å². The fraction of sp³-hybridized carbons (Fsp3) is 0.222. The van der Waals surface area contributed by atoms with Gasteiger partial charge >= 0.3 is 0 Å². The summed E-state index contributed by atoms with van der Waals surface area (Å²) >= 11 is 0. The summed E-state index contributed by atoms with van der Waals surface area (Å²) in [5, 5.41) is 1.13. The zero-order valence-corrected chi connectivity index (χ0v) is 6.59. The van der Waals surface area contributed by atoms with Crippen LogP contribution in [0.2, 0.25) is 0 Å². The first-order chi connectivity index (χ1) is 5.27. The monoisotopic (exact) mass is 147 g/mol. The van der Waals surface area contributed by atoms with Gasteiger partial charge in [0.2, 0.25) is 0 Å². The molecule has 0 fully saturated rings. The van der Waals surface area contributed by atoms with Gasteiger partial charge in [0, 0.05) is 11.6 Å². The molecule has 0 unspecified atom stereocenters. The smallest absolute Gasteiger partial charge is 0.155 e. The third-order valence-electron chi connectivity index (χ3n) is 1.73. The molecule has 0 aliphatic carbocycles. The number of hydrogen-bond acceptors (Lipinski definition) is 2. The summed E-state index contributed by atoms with van der Waals surface area (Å²) in [4.78, 5) is 4.13.